The van der Waals surface area contributed by atoms with E-state index in [9.17, 15) is 9.59 Å². The average molecular weight is 324 g/mol. The van der Waals surface area contributed by atoms with E-state index >= 15 is 0 Å². The zero-order valence-electron chi connectivity index (χ0n) is 15.1. The molecule has 1 heterocycles. The van der Waals surface area contributed by atoms with Gasteiger partial charge in [-0.15, -0.1) is 0 Å². The number of carbonyl (C=O) groups excluding carboxylic acids is 2. The van der Waals surface area contributed by atoms with Gasteiger partial charge in [0.25, 0.3) is 0 Å². The Morgan fingerprint density at radius 2 is 1.65 bits per heavy atom. The summed E-state index contributed by atoms with van der Waals surface area (Å²) in [6.45, 7) is 8.58. The standard InChI is InChI=1S/C18H32N2O3/c1-14(21)19-18(15-8-6-5-7-9-15)10-12-20(13-11-18)16(22)23-17(2,3)4/h15H,5-13H2,1-4H3,(H,19,21). The van der Waals surface area contributed by atoms with Crippen LogP contribution in [0.2, 0.25) is 0 Å². The molecular formula is C18H32N2O3. The highest BCUT2D eigenvalue weighted by Gasteiger charge is 2.43. The largest absolute Gasteiger partial charge is 0.444 e. The van der Waals surface area contributed by atoms with Gasteiger partial charge in [-0.1, -0.05) is 19.3 Å². The summed E-state index contributed by atoms with van der Waals surface area (Å²) in [6, 6.07) is 0. The highest BCUT2D eigenvalue weighted by atomic mass is 16.6. The van der Waals surface area contributed by atoms with Crippen molar-refractivity contribution in [3.05, 3.63) is 0 Å². The van der Waals surface area contributed by atoms with Crippen LogP contribution in [-0.2, 0) is 9.53 Å². The van der Waals surface area contributed by atoms with E-state index in [2.05, 4.69) is 5.32 Å². The van der Waals surface area contributed by atoms with Crippen molar-refractivity contribution in [2.45, 2.75) is 83.8 Å². The number of amides is 2. The first-order valence-corrected chi connectivity index (χ1v) is 8.98. The van der Waals surface area contributed by atoms with Gasteiger partial charge in [0.1, 0.15) is 5.60 Å². The highest BCUT2D eigenvalue weighted by molar-refractivity contribution is 5.74. The summed E-state index contributed by atoms with van der Waals surface area (Å²) in [5.74, 6) is 0.585. The maximum Gasteiger partial charge on any atom is 0.410 e. The second-order valence-corrected chi connectivity index (χ2v) is 8.14. The highest BCUT2D eigenvalue weighted by Crippen LogP contribution is 2.39. The van der Waals surface area contributed by atoms with Crippen molar-refractivity contribution in [1.29, 1.82) is 0 Å². The number of nitrogens with one attached hydrogen (secondary N) is 1. The number of hydrogen-bond donors (Lipinski definition) is 1. The number of rotatable bonds is 2. The minimum atomic E-state index is -0.466. The van der Waals surface area contributed by atoms with Gasteiger partial charge in [0, 0.05) is 25.6 Å². The molecule has 0 radical (unpaired) electrons. The molecule has 1 saturated heterocycles. The molecular weight excluding hydrogens is 292 g/mol. The lowest BCUT2D eigenvalue weighted by Crippen LogP contribution is -2.60. The summed E-state index contributed by atoms with van der Waals surface area (Å²) < 4.78 is 5.47. The first kappa shape index (κ1) is 18.1. The molecule has 1 aliphatic carbocycles. The first-order chi connectivity index (χ1) is 10.7. The minimum absolute atomic E-state index is 0.0429. The molecule has 0 spiro atoms. The van der Waals surface area contributed by atoms with E-state index in [0.29, 0.717) is 19.0 Å². The van der Waals surface area contributed by atoms with Crippen molar-refractivity contribution in [2.24, 2.45) is 5.92 Å². The summed E-state index contributed by atoms with van der Waals surface area (Å²) in [4.78, 5) is 25.8. The Bertz CT molecular complexity index is 428. The number of hydrogen-bond acceptors (Lipinski definition) is 3. The summed E-state index contributed by atoms with van der Waals surface area (Å²) >= 11 is 0. The van der Waals surface area contributed by atoms with Gasteiger partial charge in [0.15, 0.2) is 0 Å². The fourth-order valence-electron chi connectivity index (χ4n) is 4.06. The van der Waals surface area contributed by atoms with E-state index in [1.165, 1.54) is 32.1 Å². The molecule has 2 fully saturated rings. The topological polar surface area (TPSA) is 58.6 Å². The lowest BCUT2D eigenvalue weighted by atomic mass is 9.69. The molecule has 0 aromatic heterocycles. The number of nitrogens with zero attached hydrogens (tertiary/aromatic N) is 1. The average Bonchev–Trinajstić information content (AvgIpc) is 2.46. The Hall–Kier alpha value is -1.26. The van der Waals surface area contributed by atoms with Crippen LogP contribution in [0.5, 0.6) is 0 Å². The Morgan fingerprint density at radius 1 is 1.09 bits per heavy atom. The molecule has 5 nitrogen and oxygen atoms in total. The van der Waals surface area contributed by atoms with Crippen LogP contribution in [0.25, 0.3) is 0 Å². The van der Waals surface area contributed by atoms with Crippen LogP contribution in [0.4, 0.5) is 4.79 Å². The molecule has 1 aliphatic heterocycles. The normalized spacial score (nSPS) is 22.5. The SMILES string of the molecule is CC(=O)NC1(C2CCCCC2)CCN(C(=O)OC(C)(C)C)CC1. The molecule has 2 rings (SSSR count). The van der Waals surface area contributed by atoms with E-state index in [1.54, 1.807) is 11.8 Å². The maximum absolute atomic E-state index is 12.2. The van der Waals surface area contributed by atoms with Crippen LogP contribution in [0, 0.1) is 5.92 Å². The zero-order valence-corrected chi connectivity index (χ0v) is 15.1. The molecule has 1 saturated carbocycles. The summed E-state index contributed by atoms with van der Waals surface area (Å²) in [6.07, 6.45) is 7.60. The lowest BCUT2D eigenvalue weighted by Gasteiger charge is -2.48. The fraction of sp³-hybridized carbons (Fsp3) is 0.889. The van der Waals surface area contributed by atoms with Gasteiger partial charge in [0.05, 0.1) is 0 Å². The van der Waals surface area contributed by atoms with Gasteiger partial charge in [0.2, 0.25) is 5.91 Å². The van der Waals surface area contributed by atoms with Gasteiger partial charge in [-0.25, -0.2) is 4.79 Å². The van der Waals surface area contributed by atoms with Crippen molar-refractivity contribution >= 4 is 12.0 Å². The quantitative estimate of drug-likeness (QED) is 0.846. The predicted octanol–water partition coefficient (Wildman–Crippen LogP) is 3.47. The molecule has 0 unspecified atom stereocenters. The van der Waals surface area contributed by atoms with Crippen molar-refractivity contribution in [2.75, 3.05) is 13.1 Å². The van der Waals surface area contributed by atoms with Gasteiger partial charge in [-0.05, 0) is 52.4 Å². The van der Waals surface area contributed by atoms with Gasteiger partial charge in [-0.3, -0.25) is 4.79 Å². The van der Waals surface area contributed by atoms with Gasteiger partial charge >= 0.3 is 6.09 Å². The third-order valence-corrected chi connectivity index (χ3v) is 5.12. The Labute approximate surface area is 140 Å². The van der Waals surface area contributed by atoms with Crippen LogP contribution in [0.3, 0.4) is 0 Å². The van der Waals surface area contributed by atoms with E-state index in [0.717, 1.165) is 12.8 Å². The Morgan fingerprint density at radius 3 is 2.13 bits per heavy atom. The summed E-state index contributed by atoms with van der Waals surface area (Å²) in [5.41, 5.74) is -0.600. The van der Waals surface area contributed by atoms with Crippen LogP contribution < -0.4 is 5.32 Å². The van der Waals surface area contributed by atoms with E-state index < -0.39 is 5.60 Å². The molecule has 132 valence electrons. The minimum Gasteiger partial charge on any atom is -0.444 e. The van der Waals surface area contributed by atoms with Crippen LogP contribution >= 0.6 is 0 Å². The molecule has 2 aliphatic rings. The molecule has 0 atom stereocenters. The monoisotopic (exact) mass is 324 g/mol. The van der Waals surface area contributed by atoms with Crippen molar-refractivity contribution in [3.63, 3.8) is 0 Å². The lowest BCUT2D eigenvalue weighted by molar-refractivity contribution is -0.122. The molecule has 0 aromatic carbocycles. The first-order valence-electron chi connectivity index (χ1n) is 8.98. The van der Waals surface area contributed by atoms with Crippen LogP contribution in [-0.4, -0.2) is 41.1 Å². The smallest absolute Gasteiger partial charge is 0.410 e. The fourth-order valence-corrected chi connectivity index (χ4v) is 4.06. The number of piperidine rings is 1. The molecule has 0 bridgehead atoms. The summed E-state index contributed by atoms with van der Waals surface area (Å²) in [5, 5.41) is 3.25. The summed E-state index contributed by atoms with van der Waals surface area (Å²) in [7, 11) is 0. The zero-order chi connectivity index (χ0) is 17.1. The van der Waals surface area contributed by atoms with Crippen LogP contribution in [0.1, 0.15) is 72.6 Å². The van der Waals surface area contributed by atoms with Crippen molar-refractivity contribution in [3.8, 4) is 0 Å². The Kier molecular flexibility index (Phi) is 5.58. The predicted molar refractivity (Wildman–Crippen MR) is 90.2 cm³/mol. The third kappa shape index (κ3) is 4.85. The van der Waals surface area contributed by atoms with Crippen molar-refractivity contribution in [1.82, 2.24) is 10.2 Å². The number of ether oxygens (including phenoxy) is 1. The van der Waals surface area contributed by atoms with E-state index in [4.69, 9.17) is 4.74 Å². The Balaban J connectivity index is 2.01. The van der Waals surface area contributed by atoms with Gasteiger partial charge in [-0.2, -0.15) is 0 Å². The molecule has 2 amide bonds. The second kappa shape index (κ2) is 7.10. The second-order valence-electron chi connectivity index (χ2n) is 8.14. The molecule has 0 aromatic rings. The van der Waals surface area contributed by atoms with E-state index in [1.807, 2.05) is 20.8 Å². The third-order valence-electron chi connectivity index (χ3n) is 5.12. The van der Waals surface area contributed by atoms with E-state index in [-0.39, 0.29) is 17.5 Å². The van der Waals surface area contributed by atoms with Gasteiger partial charge < -0.3 is 15.0 Å². The molecule has 23 heavy (non-hydrogen) atoms. The number of likely N-dealkylation sites (tertiary alicyclic amines) is 1. The maximum atomic E-state index is 12.2. The molecule has 1 N–H and O–H groups in total. The van der Waals surface area contributed by atoms with Crippen molar-refractivity contribution < 1.29 is 14.3 Å². The molecule has 5 heteroatoms. The van der Waals surface area contributed by atoms with Crippen LogP contribution in [0.15, 0.2) is 0 Å². The number of carbonyl (C=O) groups is 2.